The van der Waals surface area contributed by atoms with Crippen LogP contribution < -0.4 is 9.47 Å². The van der Waals surface area contributed by atoms with Crippen LogP contribution in [0.3, 0.4) is 0 Å². The van der Waals surface area contributed by atoms with Crippen molar-refractivity contribution in [2.75, 3.05) is 13.2 Å². The van der Waals surface area contributed by atoms with Crippen molar-refractivity contribution in [1.29, 1.82) is 0 Å². The Balaban J connectivity index is 2.63. The van der Waals surface area contributed by atoms with E-state index in [0.29, 0.717) is 40.8 Å². The van der Waals surface area contributed by atoms with Gasteiger partial charge >= 0.3 is 0 Å². The monoisotopic (exact) mass is 286 g/mol. The molecule has 0 aliphatic heterocycles. The first-order valence-electron chi connectivity index (χ1n) is 5.58. The molecular formula is C12H12Cl2N2O2. The van der Waals surface area contributed by atoms with Crippen molar-refractivity contribution in [1.82, 2.24) is 9.97 Å². The molecule has 0 saturated carbocycles. The highest BCUT2D eigenvalue weighted by molar-refractivity contribution is 6.35. The van der Waals surface area contributed by atoms with Gasteiger partial charge in [-0.3, -0.25) is 0 Å². The van der Waals surface area contributed by atoms with Crippen LogP contribution in [0, 0.1) is 0 Å². The minimum atomic E-state index is 0.110. The molecule has 0 aliphatic carbocycles. The molecule has 0 amide bonds. The number of ether oxygens (including phenoxy) is 2. The summed E-state index contributed by atoms with van der Waals surface area (Å²) in [6, 6.07) is 3.52. The lowest BCUT2D eigenvalue weighted by atomic mass is 10.2. The van der Waals surface area contributed by atoms with Gasteiger partial charge in [-0.15, -0.1) is 0 Å². The predicted molar refractivity (Wildman–Crippen MR) is 71.9 cm³/mol. The van der Waals surface area contributed by atoms with Crippen LogP contribution in [0.25, 0.3) is 10.9 Å². The van der Waals surface area contributed by atoms with Gasteiger partial charge < -0.3 is 9.47 Å². The summed E-state index contributed by atoms with van der Waals surface area (Å²) in [4.78, 5) is 8.02. The van der Waals surface area contributed by atoms with Gasteiger partial charge in [0.05, 0.1) is 18.7 Å². The molecule has 2 aromatic rings. The molecule has 0 aliphatic rings. The van der Waals surface area contributed by atoms with Crippen LogP contribution in [0.5, 0.6) is 11.5 Å². The van der Waals surface area contributed by atoms with Gasteiger partial charge in [-0.2, -0.15) is 0 Å². The van der Waals surface area contributed by atoms with E-state index >= 15 is 0 Å². The first-order valence-corrected chi connectivity index (χ1v) is 6.33. The molecule has 0 atom stereocenters. The van der Waals surface area contributed by atoms with Crippen molar-refractivity contribution in [3.8, 4) is 11.5 Å². The summed E-state index contributed by atoms with van der Waals surface area (Å²) in [7, 11) is 0. The lowest BCUT2D eigenvalue weighted by Gasteiger charge is -2.12. The molecule has 1 aromatic carbocycles. The lowest BCUT2D eigenvalue weighted by Crippen LogP contribution is -1.99. The molecule has 0 N–H and O–H groups in total. The number of hydrogen-bond donors (Lipinski definition) is 0. The van der Waals surface area contributed by atoms with E-state index in [-0.39, 0.29) is 5.28 Å². The minimum Gasteiger partial charge on any atom is -0.490 e. The average molecular weight is 287 g/mol. The average Bonchev–Trinajstić information content (AvgIpc) is 2.31. The summed E-state index contributed by atoms with van der Waals surface area (Å²) in [5.41, 5.74) is 0.631. The van der Waals surface area contributed by atoms with E-state index in [0.717, 1.165) is 0 Å². The van der Waals surface area contributed by atoms with Crippen LogP contribution in [-0.2, 0) is 0 Å². The van der Waals surface area contributed by atoms with Crippen LogP contribution in [0.1, 0.15) is 13.8 Å². The molecule has 0 bridgehead atoms. The number of nitrogens with zero attached hydrogens (tertiary/aromatic N) is 2. The number of hydrogen-bond acceptors (Lipinski definition) is 4. The minimum absolute atomic E-state index is 0.110. The summed E-state index contributed by atoms with van der Waals surface area (Å²) in [6.45, 7) is 4.88. The summed E-state index contributed by atoms with van der Waals surface area (Å²) in [6.07, 6.45) is 0. The van der Waals surface area contributed by atoms with Crippen LogP contribution in [0.15, 0.2) is 12.1 Å². The van der Waals surface area contributed by atoms with E-state index in [1.54, 1.807) is 12.1 Å². The van der Waals surface area contributed by atoms with Crippen molar-refractivity contribution >= 4 is 34.1 Å². The second-order valence-electron chi connectivity index (χ2n) is 3.47. The van der Waals surface area contributed by atoms with Crippen LogP contribution in [0.4, 0.5) is 0 Å². The summed E-state index contributed by atoms with van der Waals surface area (Å²) in [5.74, 6) is 1.25. The second kappa shape index (κ2) is 5.59. The normalized spacial score (nSPS) is 10.7. The number of benzene rings is 1. The van der Waals surface area contributed by atoms with Crippen molar-refractivity contribution in [3.63, 3.8) is 0 Å². The molecule has 1 aromatic heterocycles. The highest BCUT2D eigenvalue weighted by Gasteiger charge is 2.12. The number of aromatic nitrogens is 2. The SMILES string of the molecule is CCOc1cc2nc(Cl)nc(Cl)c2cc1OCC. The molecule has 0 spiro atoms. The summed E-state index contributed by atoms with van der Waals surface area (Å²) < 4.78 is 11.0. The van der Waals surface area contributed by atoms with E-state index in [9.17, 15) is 0 Å². The smallest absolute Gasteiger partial charge is 0.224 e. The Morgan fingerprint density at radius 2 is 1.61 bits per heavy atom. The molecular weight excluding hydrogens is 275 g/mol. The van der Waals surface area contributed by atoms with Crippen LogP contribution in [0.2, 0.25) is 10.4 Å². The first-order chi connectivity index (χ1) is 8.65. The fraction of sp³-hybridized carbons (Fsp3) is 0.333. The maximum atomic E-state index is 6.03. The second-order valence-corrected chi connectivity index (χ2v) is 4.16. The Morgan fingerprint density at radius 3 is 2.22 bits per heavy atom. The molecule has 4 nitrogen and oxygen atoms in total. The molecule has 1 heterocycles. The lowest BCUT2D eigenvalue weighted by molar-refractivity contribution is 0.288. The molecule has 96 valence electrons. The zero-order valence-electron chi connectivity index (χ0n) is 10.0. The largest absolute Gasteiger partial charge is 0.490 e. The fourth-order valence-corrected chi connectivity index (χ4v) is 2.06. The maximum absolute atomic E-state index is 6.03. The van der Waals surface area contributed by atoms with E-state index in [2.05, 4.69) is 9.97 Å². The van der Waals surface area contributed by atoms with Gasteiger partial charge in [0.2, 0.25) is 5.28 Å². The van der Waals surface area contributed by atoms with Crippen LogP contribution in [-0.4, -0.2) is 23.2 Å². The number of rotatable bonds is 4. The van der Waals surface area contributed by atoms with E-state index < -0.39 is 0 Å². The number of fused-ring (bicyclic) bond motifs is 1. The molecule has 0 radical (unpaired) electrons. The van der Waals surface area contributed by atoms with E-state index in [4.69, 9.17) is 32.7 Å². The Bertz CT molecular complexity index is 575. The van der Waals surface area contributed by atoms with Crippen molar-refractivity contribution in [2.45, 2.75) is 13.8 Å². The Hall–Kier alpha value is -1.26. The third-order valence-corrected chi connectivity index (χ3v) is 2.74. The third kappa shape index (κ3) is 2.60. The van der Waals surface area contributed by atoms with Gasteiger partial charge in [-0.1, -0.05) is 11.6 Å². The predicted octanol–water partition coefficient (Wildman–Crippen LogP) is 3.73. The summed E-state index contributed by atoms with van der Waals surface area (Å²) >= 11 is 11.8. The van der Waals surface area contributed by atoms with E-state index in [1.165, 1.54) is 0 Å². The van der Waals surface area contributed by atoms with Crippen molar-refractivity contribution in [3.05, 3.63) is 22.6 Å². The Labute approximate surface area is 115 Å². The van der Waals surface area contributed by atoms with Gasteiger partial charge in [0.15, 0.2) is 11.5 Å². The molecule has 0 saturated heterocycles. The number of halogens is 2. The quantitative estimate of drug-likeness (QED) is 0.634. The fourth-order valence-electron chi connectivity index (χ4n) is 1.61. The molecule has 6 heteroatoms. The molecule has 0 unspecified atom stereocenters. The van der Waals surface area contributed by atoms with Crippen LogP contribution >= 0.6 is 23.2 Å². The third-order valence-electron chi connectivity index (χ3n) is 2.29. The molecule has 18 heavy (non-hydrogen) atoms. The van der Waals surface area contributed by atoms with E-state index in [1.807, 2.05) is 13.8 Å². The zero-order valence-corrected chi connectivity index (χ0v) is 11.5. The van der Waals surface area contributed by atoms with Gasteiger partial charge in [0.1, 0.15) is 5.15 Å². The highest BCUT2D eigenvalue weighted by atomic mass is 35.5. The highest BCUT2D eigenvalue weighted by Crippen LogP contribution is 2.34. The topological polar surface area (TPSA) is 44.2 Å². The van der Waals surface area contributed by atoms with Crippen molar-refractivity contribution < 1.29 is 9.47 Å². The molecule has 2 rings (SSSR count). The van der Waals surface area contributed by atoms with Gasteiger partial charge in [-0.25, -0.2) is 9.97 Å². The maximum Gasteiger partial charge on any atom is 0.224 e. The molecule has 0 fully saturated rings. The standard InChI is InChI=1S/C12H12Cl2N2O2/c1-3-17-9-5-7-8(6-10(9)18-4-2)15-12(14)16-11(7)13/h5-6H,3-4H2,1-2H3. The Morgan fingerprint density at radius 1 is 1.00 bits per heavy atom. The zero-order chi connectivity index (χ0) is 13.1. The van der Waals surface area contributed by atoms with Gasteiger partial charge in [-0.05, 0) is 31.5 Å². The summed E-state index contributed by atoms with van der Waals surface area (Å²) in [5, 5.41) is 1.10. The first kappa shape index (κ1) is 13.2. The van der Waals surface area contributed by atoms with Gasteiger partial charge in [0.25, 0.3) is 0 Å². The Kier molecular flexibility index (Phi) is 4.09. The van der Waals surface area contributed by atoms with Crippen molar-refractivity contribution in [2.24, 2.45) is 0 Å². The van der Waals surface area contributed by atoms with Gasteiger partial charge in [0, 0.05) is 11.5 Å².